The van der Waals surface area contributed by atoms with Crippen molar-refractivity contribution in [2.75, 3.05) is 49.1 Å². The second-order valence-electron chi connectivity index (χ2n) is 8.09. The molecule has 2 aromatic heterocycles. The highest BCUT2D eigenvalue weighted by molar-refractivity contribution is 7.20. The lowest BCUT2D eigenvalue weighted by Gasteiger charge is -2.37. The first kappa shape index (κ1) is 20.2. The molecule has 5 rings (SSSR count). The Kier molecular flexibility index (Phi) is 5.74. The van der Waals surface area contributed by atoms with E-state index in [2.05, 4.69) is 49.4 Å². The Bertz CT molecular complexity index is 1060. The summed E-state index contributed by atoms with van der Waals surface area (Å²) < 4.78 is 5.62. The molecule has 1 unspecified atom stereocenters. The van der Waals surface area contributed by atoms with Gasteiger partial charge in [-0.3, -0.25) is 4.79 Å². The molecular formula is C23H27N5O2S. The summed E-state index contributed by atoms with van der Waals surface area (Å²) >= 11 is 1.45. The molecule has 2 aliphatic rings. The number of aromatic nitrogens is 2. The first-order chi connectivity index (χ1) is 15.2. The van der Waals surface area contributed by atoms with Crippen LogP contribution in [-0.4, -0.2) is 61.3 Å². The fourth-order valence-electron chi connectivity index (χ4n) is 4.42. The van der Waals surface area contributed by atoms with Crippen LogP contribution in [0.4, 0.5) is 11.5 Å². The second kappa shape index (κ2) is 8.80. The molecule has 3 aromatic rings. The van der Waals surface area contributed by atoms with E-state index in [4.69, 9.17) is 4.74 Å². The molecule has 0 spiro atoms. The minimum Gasteiger partial charge on any atom is -0.376 e. The summed E-state index contributed by atoms with van der Waals surface area (Å²) in [7, 11) is 0. The predicted molar refractivity (Wildman–Crippen MR) is 124 cm³/mol. The first-order valence-corrected chi connectivity index (χ1v) is 11.7. The summed E-state index contributed by atoms with van der Waals surface area (Å²) in [4.78, 5) is 28.3. The van der Waals surface area contributed by atoms with Crippen molar-refractivity contribution in [3.8, 4) is 0 Å². The highest BCUT2D eigenvalue weighted by atomic mass is 32.1. The molecule has 2 saturated heterocycles. The Morgan fingerprint density at radius 1 is 1.16 bits per heavy atom. The molecule has 8 heteroatoms. The van der Waals surface area contributed by atoms with Gasteiger partial charge in [0.05, 0.1) is 16.4 Å². The maximum atomic E-state index is 12.9. The minimum atomic E-state index is -0.0455. The molecule has 1 N–H and O–H groups in total. The van der Waals surface area contributed by atoms with Crippen LogP contribution >= 0.6 is 11.3 Å². The Balaban J connectivity index is 1.33. The number of rotatable bonds is 5. The summed E-state index contributed by atoms with van der Waals surface area (Å²) in [5, 5.41) is 4.05. The number of thiophene rings is 1. The Morgan fingerprint density at radius 3 is 2.68 bits per heavy atom. The molecule has 1 aromatic carbocycles. The number of fused-ring (bicyclic) bond motifs is 1. The van der Waals surface area contributed by atoms with E-state index in [1.807, 2.05) is 13.0 Å². The Hall–Kier alpha value is -2.71. The van der Waals surface area contributed by atoms with Crippen molar-refractivity contribution in [3.63, 3.8) is 0 Å². The largest absolute Gasteiger partial charge is 0.376 e. The number of nitrogens with zero attached hydrogens (tertiary/aromatic N) is 4. The van der Waals surface area contributed by atoms with E-state index in [9.17, 15) is 4.79 Å². The van der Waals surface area contributed by atoms with Gasteiger partial charge in [0, 0.05) is 45.0 Å². The van der Waals surface area contributed by atoms with Gasteiger partial charge in [0.2, 0.25) is 0 Å². The average molecular weight is 438 g/mol. The molecule has 0 saturated carbocycles. The molecule has 2 fully saturated rings. The number of anilines is 2. The first-order valence-electron chi connectivity index (χ1n) is 10.9. The van der Waals surface area contributed by atoms with Crippen LogP contribution in [0.5, 0.6) is 0 Å². The Morgan fingerprint density at radius 2 is 1.94 bits per heavy atom. The number of hydrogen-bond acceptors (Lipinski definition) is 7. The SMILES string of the molecule is Cc1c(C(=O)NCC2CCCO2)sc2ncnc(N3CCN(c4ccccc4)CC3)c12. The highest BCUT2D eigenvalue weighted by Gasteiger charge is 2.25. The van der Waals surface area contributed by atoms with Crippen LogP contribution in [0.25, 0.3) is 10.2 Å². The minimum absolute atomic E-state index is 0.0455. The number of amides is 1. The van der Waals surface area contributed by atoms with E-state index in [0.717, 1.165) is 72.1 Å². The van der Waals surface area contributed by atoms with Gasteiger partial charge in [-0.05, 0) is 37.5 Å². The van der Waals surface area contributed by atoms with E-state index in [-0.39, 0.29) is 12.0 Å². The van der Waals surface area contributed by atoms with Gasteiger partial charge in [0.1, 0.15) is 17.0 Å². The van der Waals surface area contributed by atoms with Gasteiger partial charge in [-0.15, -0.1) is 11.3 Å². The number of benzene rings is 1. The zero-order chi connectivity index (χ0) is 21.2. The number of ether oxygens (including phenoxy) is 1. The molecule has 1 atom stereocenters. The van der Waals surface area contributed by atoms with E-state index < -0.39 is 0 Å². The molecule has 162 valence electrons. The molecule has 4 heterocycles. The van der Waals surface area contributed by atoms with Crippen molar-refractivity contribution in [3.05, 3.63) is 47.1 Å². The van der Waals surface area contributed by atoms with Gasteiger partial charge < -0.3 is 19.9 Å². The zero-order valence-corrected chi connectivity index (χ0v) is 18.5. The van der Waals surface area contributed by atoms with Gasteiger partial charge in [0.15, 0.2) is 0 Å². The van der Waals surface area contributed by atoms with Crippen molar-refractivity contribution in [1.29, 1.82) is 0 Å². The lowest BCUT2D eigenvalue weighted by atomic mass is 10.1. The summed E-state index contributed by atoms with van der Waals surface area (Å²) in [6.45, 7) is 7.01. The summed E-state index contributed by atoms with van der Waals surface area (Å²) in [6.07, 6.45) is 3.83. The van der Waals surface area contributed by atoms with Gasteiger partial charge in [0.25, 0.3) is 5.91 Å². The van der Waals surface area contributed by atoms with Gasteiger partial charge in [-0.25, -0.2) is 9.97 Å². The number of para-hydroxylation sites is 1. The van der Waals surface area contributed by atoms with Crippen molar-refractivity contribution >= 4 is 39.0 Å². The quantitative estimate of drug-likeness (QED) is 0.661. The summed E-state index contributed by atoms with van der Waals surface area (Å²) in [5.74, 6) is 0.889. The molecule has 7 nitrogen and oxygen atoms in total. The van der Waals surface area contributed by atoms with Crippen LogP contribution in [-0.2, 0) is 4.74 Å². The normalized spacial score (nSPS) is 19.2. The fourth-order valence-corrected chi connectivity index (χ4v) is 5.48. The third-order valence-electron chi connectivity index (χ3n) is 6.13. The van der Waals surface area contributed by atoms with E-state index >= 15 is 0 Å². The van der Waals surface area contributed by atoms with E-state index in [0.29, 0.717) is 6.54 Å². The molecule has 0 radical (unpaired) electrons. The number of aryl methyl sites for hydroxylation is 1. The summed E-state index contributed by atoms with van der Waals surface area (Å²) in [5.41, 5.74) is 2.22. The van der Waals surface area contributed by atoms with Crippen molar-refractivity contribution < 1.29 is 9.53 Å². The van der Waals surface area contributed by atoms with Crippen LogP contribution in [0.3, 0.4) is 0 Å². The van der Waals surface area contributed by atoms with Gasteiger partial charge in [-0.2, -0.15) is 0 Å². The third-order valence-corrected chi connectivity index (χ3v) is 7.33. The van der Waals surface area contributed by atoms with Gasteiger partial charge in [-0.1, -0.05) is 18.2 Å². The topological polar surface area (TPSA) is 70.6 Å². The summed E-state index contributed by atoms with van der Waals surface area (Å²) in [6, 6.07) is 10.5. The zero-order valence-electron chi connectivity index (χ0n) is 17.7. The highest BCUT2D eigenvalue weighted by Crippen LogP contribution is 2.35. The molecule has 2 aliphatic heterocycles. The van der Waals surface area contributed by atoms with Crippen LogP contribution in [0.1, 0.15) is 28.1 Å². The lowest BCUT2D eigenvalue weighted by molar-refractivity contribution is 0.0860. The Labute approximate surface area is 186 Å². The van der Waals surface area contributed by atoms with E-state index in [1.165, 1.54) is 17.0 Å². The number of carbonyl (C=O) groups is 1. The molecule has 1 amide bonds. The van der Waals surface area contributed by atoms with Crippen LogP contribution < -0.4 is 15.1 Å². The third kappa shape index (κ3) is 4.09. The maximum absolute atomic E-state index is 12.9. The van der Waals surface area contributed by atoms with Crippen molar-refractivity contribution in [1.82, 2.24) is 15.3 Å². The van der Waals surface area contributed by atoms with Crippen LogP contribution in [0.2, 0.25) is 0 Å². The lowest BCUT2D eigenvalue weighted by Crippen LogP contribution is -2.46. The van der Waals surface area contributed by atoms with Gasteiger partial charge >= 0.3 is 0 Å². The van der Waals surface area contributed by atoms with Crippen LogP contribution in [0.15, 0.2) is 36.7 Å². The molecule has 0 aliphatic carbocycles. The van der Waals surface area contributed by atoms with Crippen LogP contribution in [0, 0.1) is 6.92 Å². The number of hydrogen-bond donors (Lipinski definition) is 1. The molecular weight excluding hydrogens is 410 g/mol. The molecule has 31 heavy (non-hydrogen) atoms. The number of nitrogens with one attached hydrogen (secondary N) is 1. The number of piperazine rings is 1. The van der Waals surface area contributed by atoms with E-state index in [1.54, 1.807) is 6.33 Å². The predicted octanol–water partition coefficient (Wildman–Crippen LogP) is 3.24. The monoisotopic (exact) mass is 437 g/mol. The smallest absolute Gasteiger partial charge is 0.261 e. The average Bonchev–Trinajstić information content (AvgIpc) is 3.46. The standard InChI is InChI=1S/C23H27N5O2S/c1-16-19-21(28-11-9-27(10-12-28)17-6-3-2-4-7-17)25-15-26-23(19)31-20(16)22(29)24-14-18-8-5-13-30-18/h2-4,6-7,15,18H,5,8-14H2,1H3,(H,24,29). The maximum Gasteiger partial charge on any atom is 0.261 e. The number of carbonyl (C=O) groups excluding carboxylic acids is 1. The molecule has 0 bridgehead atoms. The fraction of sp³-hybridized carbons (Fsp3) is 0.435. The second-order valence-corrected chi connectivity index (χ2v) is 9.09. The van der Waals surface area contributed by atoms with Crippen molar-refractivity contribution in [2.45, 2.75) is 25.9 Å². The van der Waals surface area contributed by atoms with Crippen molar-refractivity contribution in [2.24, 2.45) is 0 Å².